The molecular weight excluding hydrogens is 714 g/mol. The maximum absolute atomic E-state index is 14.3. The largest absolute Gasteiger partial charge is 0.481 e. The molecule has 1 aromatic rings. The minimum Gasteiger partial charge on any atom is -0.481 e. The third-order valence-corrected chi connectivity index (χ3v) is 17.8. The summed E-state index contributed by atoms with van der Waals surface area (Å²) in [4.78, 5) is 55.2. The van der Waals surface area contributed by atoms with E-state index in [-0.39, 0.29) is 70.2 Å². The fourth-order valence-corrected chi connectivity index (χ4v) is 15.0. The number of ketones is 1. The van der Waals surface area contributed by atoms with E-state index in [1.54, 1.807) is 13.8 Å². The van der Waals surface area contributed by atoms with Crippen molar-refractivity contribution in [2.24, 2.45) is 62.1 Å². The van der Waals surface area contributed by atoms with Crippen LogP contribution in [0.15, 0.2) is 35.4 Å². The number of ether oxygens (including phenoxy) is 2. The lowest BCUT2D eigenvalue weighted by molar-refractivity contribution is -0.232. The van der Waals surface area contributed by atoms with Crippen molar-refractivity contribution >= 4 is 35.3 Å². The van der Waals surface area contributed by atoms with E-state index >= 15 is 0 Å². The number of aliphatic carboxylic acids is 1. The van der Waals surface area contributed by atoms with Gasteiger partial charge in [0.05, 0.1) is 18.4 Å². The Morgan fingerprint density at radius 3 is 2.31 bits per heavy atom. The first-order valence-corrected chi connectivity index (χ1v) is 21.3. The molecule has 7 aliphatic rings. The van der Waals surface area contributed by atoms with Crippen LogP contribution >= 0.6 is 11.6 Å². The van der Waals surface area contributed by atoms with Crippen LogP contribution < -0.4 is 0 Å². The predicted molar refractivity (Wildman–Crippen MR) is 210 cm³/mol. The second-order valence-electron chi connectivity index (χ2n) is 21.3. The van der Waals surface area contributed by atoms with Gasteiger partial charge in [-0.15, -0.1) is 0 Å². The Morgan fingerprint density at radius 2 is 1.65 bits per heavy atom. The van der Waals surface area contributed by atoms with Gasteiger partial charge in [-0.1, -0.05) is 72.2 Å². The van der Waals surface area contributed by atoms with Gasteiger partial charge < -0.3 is 14.6 Å². The Balaban J connectivity index is 1.12. The molecule has 1 saturated heterocycles. The standard InChI is InChI=1S/C46H62ClNO7/c1-26(2)37-30(49)20-45-33(46(45)25-48(24-36(51)55-46)23-27-10-12-28(47)13-11-27)21-44(9)29(38(37)45)14-15-32-42(7)18-17-34(54-35(50)22-40(3,4)39(52)53)41(5,6)31(42)16-19-43(32,44)8/h10-13,26,29,31-34H,14-25H2,1-9H3,(H,52,53). The summed E-state index contributed by atoms with van der Waals surface area (Å²) in [6, 6.07) is 7.86. The van der Waals surface area contributed by atoms with Crippen LogP contribution in [-0.2, 0) is 35.2 Å². The van der Waals surface area contributed by atoms with Crippen molar-refractivity contribution in [3.05, 3.63) is 46.0 Å². The number of nitrogens with zero attached hydrogens (tertiary/aromatic N) is 1. The summed E-state index contributed by atoms with van der Waals surface area (Å²) in [5.41, 5.74) is 0.807. The molecule has 1 heterocycles. The van der Waals surface area contributed by atoms with Gasteiger partial charge in [-0.05, 0) is 128 Å². The van der Waals surface area contributed by atoms with Gasteiger partial charge in [-0.2, -0.15) is 0 Å². The second kappa shape index (κ2) is 12.4. The number of hydrogen-bond donors (Lipinski definition) is 1. The van der Waals surface area contributed by atoms with Crippen LogP contribution in [0.2, 0.25) is 5.02 Å². The van der Waals surface area contributed by atoms with Crippen LogP contribution in [0.1, 0.15) is 126 Å². The summed E-state index contributed by atoms with van der Waals surface area (Å²) in [5, 5.41) is 10.3. The molecule has 8 rings (SSSR count). The van der Waals surface area contributed by atoms with Crippen molar-refractivity contribution in [1.82, 2.24) is 4.90 Å². The second-order valence-corrected chi connectivity index (χ2v) is 21.7. The number of esters is 2. The Bertz CT molecular complexity index is 1870. The van der Waals surface area contributed by atoms with E-state index in [1.165, 1.54) is 5.57 Å². The van der Waals surface area contributed by atoms with E-state index < -0.39 is 28.4 Å². The number of benzene rings is 1. The number of rotatable bonds is 7. The van der Waals surface area contributed by atoms with Crippen LogP contribution in [-0.4, -0.2) is 58.5 Å². The molecule has 1 aromatic carbocycles. The molecule has 55 heavy (non-hydrogen) atoms. The number of allylic oxidation sites excluding steroid dienone is 1. The maximum atomic E-state index is 14.3. The van der Waals surface area contributed by atoms with Gasteiger partial charge in [0.2, 0.25) is 0 Å². The number of carbonyl (C=O) groups excluding carboxylic acids is 3. The van der Waals surface area contributed by atoms with E-state index in [1.807, 2.05) is 24.3 Å². The molecular formula is C46H62ClNO7. The van der Waals surface area contributed by atoms with E-state index in [9.17, 15) is 24.3 Å². The van der Waals surface area contributed by atoms with Crippen LogP contribution in [0.4, 0.5) is 0 Å². The van der Waals surface area contributed by atoms with Crippen LogP contribution in [0.25, 0.3) is 0 Å². The van der Waals surface area contributed by atoms with Gasteiger partial charge >= 0.3 is 17.9 Å². The van der Waals surface area contributed by atoms with Gasteiger partial charge in [-0.25, -0.2) is 0 Å². The van der Waals surface area contributed by atoms with Gasteiger partial charge in [-0.3, -0.25) is 24.1 Å². The first-order valence-electron chi connectivity index (χ1n) is 21.0. The summed E-state index contributed by atoms with van der Waals surface area (Å²) in [5.74, 6) is -0.129. The SMILES string of the molecule is CC(C)C1=C2C3CCC4C5(C)CCC(OC(=O)CC(C)(C)C(=O)O)C(C)(C)C5CCC4(C)C3(C)CC3C4(CN(Cc5ccc(Cl)cc5)CC(=O)O4)C23CC1=O. The lowest BCUT2D eigenvalue weighted by atomic mass is 9.33. The summed E-state index contributed by atoms with van der Waals surface area (Å²) in [6.45, 7) is 21.1. The smallest absolute Gasteiger partial charge is 0.320 e. The molecule has 8 nitrogen and oxygen atoms in total. The van der Waals surface area contributed by atoms with Gasteiger partial charge in [0, 0.05) is 41.3 Å². The Labute approximate surface area is 332 Å². The molecule has 1 aliphatic heterocycles. The summed E-state index contributed by atoms with van der Waals surface area (Å²) in [7, 11) is 0. The monoisotopic (exact) mass is 775 g/mol. The minimum atomic E-state index is -1.18. The third kappa shape index (κ3) is 5.30. The number of carbonyl (C=O) groups is 4. The van der Waals surface area contributed by atoms with Crippen molar-refractivity contribution in [1.29, 1.82) is 0 Å². The number of Topliss-reactive ketones (excluding diaryl/α,β-unsaturated/α-hetero) is 1. The molecule has 2 spiro atoms. The predicted octanol–water partition coefficient (Wildman–Crippen LogP) is 9.07. The number of hydrogen-bond acceptors (Lipinski definition) is 7. The number of carboxylic acid groups (broad SMARTS) is 1. The zero-order valence-electron chi connectivity index (χ0n) is 34.5. The highest BCUT2D eigenvalue weighted by atomic mass is 35.5. The van der Waals surface area contributed by atoms with Crippen molar-refractivity contribution < 1.29 is 33.8 Å². The lowest BCUT2D eigenvalue weighted by Gasteiger charge is -2.71. The highest BCUT2D eigenvalue weighted by molar-refractivity contribution is 6.30. The molecule has 0 bridgehead atoms. The van der Waals surface area contributed by atoms with E-state index in [4.69, 9.17) is 21.1 Å². The zero-order valence-corrected chi connectivity index (χ0v) is 35.2. The summed E-state index contributed by atoms with van der Waals surface area (Å²) < 4.78 is 12.9. The van der Waals surface area contributed by atoms with Gasteiger partial charge in [0.25, 0.3) is 0 Å². The molecule has 10 atom stereocenters. The highest BCUT2D eigenvalue weighted by Crippen LogP contribution is 2.86. The number of fused-ring (bicyclic) bond motifs is 7. The first-order chi connectivity index (χ1) is 25.6. The third-order valence-electron chi connectivity index (χ3n) is 17.6. The van der Waals surface area contributed by atoms with Crippen molar-refractivity contribution in [3.63, 3.8) is 0 Å². The Hall–Kier alpha value is -2.71. The van der Waals surface area contributed by atoms with Crippen LogP contribution in [0, 0.1) is 62.1 Å². The molecule has 300 valence electrons. The molecule has 0 amide bonds. The Kier molecular flexibility index (Phi) is 8.82. The molecule has 1 N–H and O–H groups in total. The van der Waals surface area contributed by atoms with Gasteiger partial charge in [0.1, 0.15) is 11.7 Å². The van der Waals surface area contributed by atoms with Crippen molar-refractivity contribution in [3.8, 4) is 0 Å². The summed E-state index contributed by atoms with van der Waals surface area (Å²) in [6.07, 6.45) is 6.87. The van der Waals surface area contributed by atoms with E-state index in [2.05, 4.69) is 53.4 Å². The lowest BCUT2D eigenvalue weighted by Crippen LogP contribution is -2.65. The Morgan fingerprint density at radius 1 is 0.964 bits per heavy atom. The molecule has 10 unspecified atom stereocenters. The zero-order chi connectivity index (χ0) is 39.9. The average Bonchev–Trinajstić information content (AvgIpc) is 3.38. The molecule has 0 aromatic heterocycles. The topological polar surface area (TPSA) is 110 Å². The summed E-state index contributed by atoms with van der Waals surface area (Å²) >= 11 is 6.21. The van der Waals surface area contributed by atoms with Crippen molar-refractivity contribution in [2.45, 2.75) is 138 Å². The first kappa shape index (κ1) is 39.1. The number of carboxylic acids is 1. The molecule has 6 aliphatic carbocycles. The number of morpholine rings is 1. The fourth-order valence-electron chi connectivity index (χ4n) is 14.9. The van der Waals surface area contributed by atoms with E-state index in [0.717, 1.165) is 56.1 Å². The van der Waals surface area contributed by atoms with Crippen LogP contribution in [0.5, 0.6) is 0 Å². The maximum Gasteiger partial charge on any atom is 0.320 e. The van der Waals surface area contributed by atoms with Crippen LogP contribution in [0.3, 0.4) is 0 Å². The van der Waals surface area contributed by atoms with Crippen molar-refractivity contribution in [2.75, 3.05) is 13.1 Å². The van der Waals surface area contributed by atoms with Gasteiger partial charge in [0.15, 0.2) is 5.78 Å². The average molecular weight is 776 g/mol. The normalized spacial score (nSPS) is 41.8. The molecule has 6 fully saturated rings. The molecule has 0 radical (unpaired) electrons. The highest BCUT2D eigenvalue weighted by Gasteiger charge is 2.88. The van der Waals surface area contributed by atoms with E-state index in [0.29, 0.717) is 36.4 Å². The quantitative estimate of drug-likeness (QED) is 0.273. The minimum absolute atomic E-state index is 0.00932. The molecule has 5 saturated carbocycles. The molecule has 9 heteroatoms. The number of halogens is 1. The fraction of sp³-hybridized carbons (Fsp3) is 0.739.